The highest BCUT2D eigenvalue weighted by molar-refractivity contribution is 7.07. The van der Waals surface area contributed by atoms with Crippen LogP contribution in [-0.4, -0.2) is 30.7 Å². The summed E-state index contributed by atoms with van der Waals surface area (Å²) in [5.74, 6) is -1.73. The molecule has 0 radical (unpaired) electrons. The Balaban J connectivity index is 1.96. The number of esters is 2. The maximum absolute atomic E-state index is 14.4. The molecule has 0 aliphatic carbocycles. The number of aromatic nitrogens is 1. The summed E-state index contributed by atoms with van der Waals surface area (Å²) >= 11 is 7.19. The van der Waals surface area contributed by atoms with Gasteiger partial charge < -0.3 is 9.47 Å². The van der Waals surface area contributed by atoms with E-state index in [9.17, 15) is 18.8 Å². The normalized spacial score (nSPS) is 15.6. The molecule has 2 aromatic carbocycles. The monoisotopic (exact) mass is 500 g/mol. The fraction of sp³-hybridized carbons (Fsp3) is 0.167. The standard InChI is InChI=1S/C24H18ClFN2O5S/c1-12-19(23(31)33-3)20(13-7-9-14(10-8-13)22(30)32-2)28-21(29)18(34-24(28)27-12)11-15-16(25)5-4-6-17(15)26/h4-11,20H,1-3H3/b18-11-/t20-/m0/s1. The fourth-order valence-corrected chi connectivity index (χ4v) is 4.95. The highest BCUT2D eigenvalue weighted by Gasteiger charge is 2.33. The second-order valence-electron chi connectivity index (χ2n) is 7.32. The molecule has 0 unspecified atom stereocenters. The van der Waals surface area contributed by atoms with Crippen molar-refractivity contribution in [3.8, 4) is 0 Å². The molecular formula is C24H18ClFN2O5S. The Morgan fingerprint density at radius 2 is 1.79 bits per heavy atom. The van der Waals surface area contributed by atoms with Crippen LogP contribution in [0, 0.1) is 5.82 Å². The van der Waals surface area contributed by atoms with Gasteiger partial charge in [-0.2, -0.15) is 0 Å². The Hall–Kier alpha value is -3.56. The Bertz CT molecular complexity index is 1500. The SMILES string of the molecule is COC(=O)C1=C(C)N=c2s/c(=C\c3c(F)cccc3Cl)c(=O)n2[C@H]1c1ccc(C(=O)OC)cc1. The van der Waals surface area contributed by atoms with Gasteiger partial charge >= 0.3 is 11.9 Å². The second-order valence-corrected chi connectivity index (χ2v) is 8.74. The number of ether oxygens (including phenoxy) is 2. The van der Waals surface area contributed by atoms with Gasteiger partial charge in [-0.05, 0) is 42.8 Å². The number of hydrogen-bond acceptors (Lipinski definition) is 7. The van der Waals surface area contributed by atoms with Crippen LogP contribution in [0.3, 0.4) is 0 Å². The molecule has 3 aromatic rings. The van der Waals surface area contributed by atoms with E-state index in [4.69, 9.17) is 21.1 Å². The van der Waals surface area contributed by atoms with Crippen molar-refractivity contribution in [2.24, 2.45) is 4.99 Å². The van der Waals surface area contributed by atoms with Gasteiger partial charge in [-0.25, -0.2) is 19.0 Å². The van der Waals surface area contributed by atoms with Crippen molar-refractivity contribution in [1.29, 1.82) is 0 Å². The average Bonchev–Trinajstić information content (AvgIpc) is 3.14. The first-order valence-electron chi connectivity index (χ1n) is 10.00. The van der Waals surface area contributed by atoms with E-state index in [1.807, 2.05) is 0 Å². The number of methoxy groups -OCH3 is 2. The van der Waals surface area contributed by atoms with Gasteiger partial charge in [0.1, 0.15) is 5.82 Å². The summed E-state index contributed by atoms with van der Waals surface area (Å²) in [6, 6.07) is 9.72. The minimum Gasteiger partial charge on any atom is -0.466 e. The van der Waals surface area contributed by atoms with Gasteiger partial charge in [-0.1, -0.05) is 41.1 Å². The van der Waals surface area contributed by atoms with Crippen molar-refractivity contribution < 1.29 is 23.5 Å². The molecule has 0 fully saturated rings. The molecule has 10 heteroatoms. The molecular weight excluding hydrogens is 483 g/mol. The van der Waals surface area contributed by atoms with Gasteiger partial charge in [-0.15, -0.1) is 0 Å². The zero-order chi connectivity index (χ0) is 24.6. The summed E-state index contributed by atoms with van der Waals surface area (Å²) in [7, 11) is 2.52. The highest BCUT2D eigenvalue weighted by Crippen LogP contribution is 2.31. The van der Waals surface area contributed by atoms with E-state index in [0.29, 0.717) is 21.6 Å². The molecule has 4 rings (SSSR count). The third-order valence-electron chi connectivity index (χ3n) is 5.35. The number of fused-ring (bicyclic) bond motifs is 1. The number of halogens is 2. The average molecular weight is 501 g/mol. The van der Waals surface area contributed by atoms with Crippen molar-refractivity contribution in [3.05, 3.63) is 101 Å². The summed E-state index contributed by atoms with van der Waals surface area (Å²) in [5, 5.41) is 0.159. The molecule has 2 heterocycles. The van der Waals surface area contributed by atoms with Crippen molar-refractivity contribution in [2.45, 2.75) is 13.0 Å². The molecule has 0 N–H and O–H groups in total. The number of rotatable bonds is 4. The summed E-state index contributed by atoms with van der Waals surface area (Å²) in [6.07, 6.45) is 1.37. The van der Waals surface area contributed by atoms with E-state index >= 15 is 0 Å². The van der Waals surface area contributed by atoms with Crippen LogP contribution in [0.1, 0.15) is 34.5 Å². The third kappa shape index (κ3) is 4.08. The lowest BCUT2D eigenvalue weighted by molar-refractivity contribution is -0.136. The molecule has 1 aromatic heterocycles. The number of thiazole rings is 1. The number of benzene rings is 2. The van der Waals surface area contributed by atoms with Crippen LogP contribution in [0.5, 0.6) is 0 Å². The number of hydrogen-bond donors (Lipinski definition) is 0. The molecule has 1 aliphatic heterocycles. The van der Waals surface area contributed by atoms with E-state index in [1.165, 1.54) is 43.1 Å². The van der Waals surface area contributed by atoms with Gasteiger partial charge in [0.25, 0.3) is 5.56 Å². The first-order chi connectivity index (χ1) is 16.3. The topological polar surface area (TPSA) is 87.0 Å². The zero-order valence-corrected chi connectivity index (χ0v) is 19.9. The summed E-state index contributed by atoms with van der Waals surface area (Å²) in [4.78, 5) is 42.8. The van der Waals surface area contributed by atoms with Crippen LogP contribution in [0.15, 0.2) is 63.5 Å². The predicted molar refractivity (Wildman–Crippen MR) is 125 cm³/mol. The van der Waals surface area contributed by atoms with Crippen LogP contribution in [0.4, 0.5) is 4.39 Å². The molecule has 0 amide bonds. The van der Waals surface area contributed by atoms with E-state index < -0.39 is 29.4 Å². The molecule has 0 saturated heterocycles. The largest absolute Gasteiger partial charge is 0.466 e. The van der Waals surface area contributed by atoms with Crippen LogP contribution < -0.4 is 14.9 Å². The van der Waals surface area contributed by atoms with E-state index in [0.717, 1.165) is 11.3 Å². The second kappa shape index (κ2) is 9.36. The lowest BCUT2D eigenvalue weighted by Gasteiger charge is -2.24. The van der Waals surface area contributed by atoms with Crippen molar-refractivity contribution in [3.63, 3.8) is 0 Å². The van der Waals surface area contributed by atoms with E-state index in [-0.39, 0.29) is 20.7 Å². The highest BCUT2D eigenvalue weighted by atomic mass is 35.5. The van der Waals surface area contributed by atoms with E-state index in [2.05, 4.69) is 4.99 Å². The lowest BCUT2D eigenvalue weighted by Crippen LogP contribution is -2.39. The van der Waals surface area contributed by atoms with Crippen molar-refractivity contribution in [1.82, 2.24) is 4.57 Å². The van der Waals surface area contributed by atoms with Gasteiger partial charge in [-0.3, -0.25) is 9.36 Å². The Morgan fingerprint density at radius 1 is 1.12 bits per heavy atom. The molecule has 34 heavy (non-hydrogen) atoms. The lowest BCUT2D eigenvalue weighted by atomic mass is 9.95. The van der Waals surface area contributed by atoms with Crippen LogP contribution in [0.25, 0.3) is 6.08 Å². The number of carbonyl (C=O) groups excluding carboxylic acids is 2. The molecule has 0 bridgehead atoms. The molecule has 0 saturated carbocycles. The maximum Gasteiger partial charge on any atom is 0.338 e. The van der Waals surface area contributed by atoms with Crippen LogP contribution in [0.2, 0.25) is 5.02 Å². The van der Waals surface area contributed by atoms with Gasteiger partial charge in [0.05, 0.1) is 46.7 Å². The molecule has 7 nitrogen and oxygen atoms in total. The van der Waals surface area contributed by atoms with Crippen molar-refractivity contribution >= 4 is 41.0 Å². The van der Waals surface area contributed by atoms with Crippen molar-refractivity contribution in [2.75, 3.05) is 14.2 Å². The number of allylic oxidation sites excluding steroid dienone is 1. The van der Waals surface area contributed by atoms with E-state index in [1.54, 1.807) is 31.2 Å². The maximum atomic E-state index is 14.4. The molecule has 0 spiro atoms. The first kappa shape index (κ1) is 23.6. The Labute approximate surface area is 202 Å². The minimum absolute atomic E-state index is 0.0808. The predicted octanol–water partition coefficient (Wildman–Crippen LogP) is 2.99. The summed E-state index contributed by atoms with van der Waals surface area (Å²) < 4.78 is 25.6. The Morgan fingerprint density at radius 3 is 2.41 bits per heavy atom. The molecule has 1 aliphatic rings. The first-order valence-corrected chi connectivity index (χ1v) is 11.2. The summed E-state index contributed by atoms with van der Waals surface area (Å²) in [5.41, 5.74) is 1.03. The quantitative estimate of drug-likeness (QED) is 0.514. The molecule has 1 atom stereocenters. The Kier molecular flexibility index (Phi) is 6.49. The van der Waals surface area contributed by atoms with Crippen LogP contribution >= 0.6 is 22.9 Å². The number of carbonyl (C=O) groups is 2. The van der Waals surface area contributed by atoms with Crippen LogP contribution in [-0.2, 0) is 14.3 Å². The zero-order valence-electron chi connectivity index (χ0n) is 18.3. The molecule has 174 valence electrons. The van der Waals surface area contributed by atoms with Gasteiger partial charge in [0, 0.05) is 5.56 Å². The van der Waals surface area contributed by atoms with Gasteiger partial charge in [0.2, 0.25) is 0 Å². The minimum atomic E-state index is -0.867. The fourth-order valence-electron chi connectivity index (χ4n) is 3.71. The number of nitrogens with zero attached hydrogens (tertiary/aromatic N) is 2. The smallest absolute Gasteiger partial charge is 0.338 e. The summed E-state index contributed by atoms with van der Waals surface area (Å²) in [6.45, 7) is 1.65. The van der Waals surface area contributed by atoms with Gasteiger partial charge in [0.15, 0.2) is 4.80 Å². The third-order valence-corrected chi connectivity index (χ3v) is 6.66.